The number of benzene rings is 1. The molecule has 1 saturated carbocycles. The first-order valence-electron chi connectivity index (χ1n) is 7.04. The topological polar surface area (TPSA) is 38.2 Å². The predicted octanol–water partition coefficient (Wildman–Crippen LogP) is 3.76. The lowest BCUT2D eigenvalue weighted by Crippen LogP contribution is -2.18. The number of aromatic nitrogens is 2. The quantitative estimate of drug-likeness (QED) is 0.771. The normalized spacial score (nSPS) is 14.0. The maximum absolute atomic E-state index is 5.27. The highest BCUT2D eigenvalue weighted by atomic mass is 79.9. The number of ether oxygens (including phenoxy) is 1. The first-order chi connectivity index (χ1) is 10.2. The summed E-state index contributed by atoms with van der Waals surface area (Å²) >= 11 is 3.49. The Hall–Kier alpha value is -1.62. The zero-order chi connectivity index (χ0) is 14.8. The summed E-state index contributed by atoms with van der Waals surface area (Å²) in [6.07, 6.45) is 2.41. The van der Waals surface area contributed by atoms with Gasteiger partial charge in [-0.05, 0) is 46.5 Å². The second-order valence-corrected chi connectivity index (χ2v) is 6.20. The molecular formula is C16H18BrN3O. The van der Waals surface area contributed by atoms with Gasteiger partial charge in [0.15, 0.2) is 0 Å². The van der Waals surface area contributed by atoms with Crippen LogP contribution in [0.15, 0.2) is 34.9 Å². The number of rotatable bonds is 5. The van der Waals surface area contributed by atoms with Gasteiger partial charge in [0.1, 0.15) is 22.0 Å². The van der Waals surface area contributed by atoms with Crippen molar-refractivity contribution in [2.24, 2.45) is 0 Å². The van der Waals surface area contributed by atoms with Crippen molar-refractivity contribution in [3.8, 4) is 5.75 Å². The smallest absolute Gasteiger partial charge is 0.135 e. The first kappa shape index (κ1) is 14.3. The van der Waals surface area contributed by atoms with Gasteiger partial charge < -0.3 is 9.64 Å². The van der Waals surface area contributed by atoms with E-state index in [0.29, 0.717) is 5.92 Å². The summed E-state index contributed by atoms with van der Waals surface area (Å²) in [5, 5.41) is 0. The molecule has 1 heterocycles. The molecule has 2 aromatic rings. The van der Waals surface area contributed by atoms with Crippen molar-refractivity contribution in [2.45, 2.75) is 25.3 Å². The molecule has 0 bridgehead atoms. The van der Waals surface area contributed by atoms with Crippen LogP contribution in [-0.4, -0.2) is 24.1 Å². The monoisotopic (exact) mass is 347 g/mol. The average Bonchev–Trinajstić information content (AvgIpc) is 3.31. The molecule has 21 heavy (non-hydrogen) atoms. The molecule has 1 aromatic heterocycles. The molecule has 0 radical (unpaired) electrons. The molecule has 1 fully saturated rings. The van der Waals surface area contributed by atoms with E-state index >= 15 is 0 Å². The van der Waals surface area contributed by atoms with Gasteiger partial charge in [-0.1, -0.05) is 12.1 Å². The summed E-state index contributed by atoms with van der Waals surface area (Å²) < 4.78 is 6.12. The van der Waals surface area contributed by atoms with Gasteiger partial charge in [0.05, 0.1) is 7.11 Å². The number of hydrogen-bond donors (Lipinski definition) is 0. The van der Waals surface area contributed by atoms with E-state index in [0.717, 1.165) is 28.5 Å². The van der Waals surface area contributed by atoms with Crippen molar-refractivity contribution in [2.75, 3.05) is 19.1 Å². The molecule has 0 atom stereocenters. The minimum atomic E-state index is 0.548. The van der Waals surface area contributed by atoms with Crippen LogP contribution in [0.3, 0.4) is 0 Å². The number of anilines is 1. The lowest BCUT2D eigenvalue weighted by molar-refractivity contribution is 0.414. The molecular weight excluding hydrogens is 330 g/mol. The van der Waals surface area contributed by atoms with Crippen molar-refractivity contribution in [3.63, 3.8) is 0 Å². The predicted molar refractivity (Wildman–Crippen MR) is 86.8 cm³/mol. The minimum absolute atomic E-state index is 0.548. The highest BCUT2D eigenvalue weighted by Crippen LogP contribution is 2.39. The minimum Gasteiger partial charge on any atom is -0.497 e. The summed E-state index contributed by atoms with van der Waals surface area (Å²) in [4.78, 5) is 11.3. The Morgan fingerprint density at radius 3 is 2.81 bits per heavy atom. The van der Waals surface area contributed by atoms with Gasteiger partial charge in [-0.25, -0.2) is 9.97 Å². The van der Waals surface area contributed by atoms with E-state index in [9.17, 15) is 0 Å². The summed E-state index contributed by atoms with van der Waals surface area (Å²) in [7, 11) is 3.73. The molecule has 110 valence electrons. The van der Waals surface area contributed by atoms with Gasteiger partial charge in [0.25, 0.3) is 0 Å². The molecule has 1 aliphatic carbocycles. The Morgan fingerprint density at radius 2 is 2.10 bits per heavy atom. The summed E-state index contributed by atoms with van der Waals surface area (Å²) in [6, 6.07) is 10.1. The van der Waals surface area contributed by atoms with Crippen LogP contribution in [0.5, 0.6) is 5.75 Å². The fourth-order valence-electron chi connectivity index (χ4n) is 2.27. The zero-order valence-electron chi connectivity index (χ0n) is 12.2. The van der Waals surface area contributed by atoms with E-state index in [2.05, 4.69) is 42.9 Å². The van der Waals surface area contributed by atoms with Gasteiger partial charge in [-0.3, -0.25) is 0 Å². The molecule has 1 aromatic carbocycles. The molecule has 0 saturated heterocycles. The largest absolute Gasteiger partial charge is 0.497 e. The van der Waals surface area contributed by atoms with Gasteiger partial charge in [0.2, 0.25) is 0 Å². The van der Waals surface area contributed by atoms with Crippen LogP contribution in [0.4, 0.5) is 5.82 Å². The van der Waals surface area contributed by atoms with Crippen LogP contribution >= 0.6 is 15.9 Å². The molecule has 4 nitrogen and oxygen atoms in total. The maximum atomic E-state index is 5.27. The highest BCUT2D eigenvalue weighted by Gasteiger charge is 2.27. The van der Waals surface area contributed by atoms with Crippen molar-refractivity contribution in [1.29, 1.82) is 0 Å². The second kappa shape index (κ2) is 6.02. The fourth-order valence-corrected chi connectivity index (χ4v) is 2.65. The van der Waals surface area contributed by atoms with E-state index in [1.807, 2.05) is 25.2 Å². The van der Waals surface area contributed by atoms with E-state index in [1.54, 1.807) is 7.11 Å². The van der Waals surface area contributed by atoms with Crippen molar-refractivity contribution >= 4 is 21.7 Å². The van der Waals surface area contributed by atoms with Gasteiger partial charge in [-0.2, -0.15) is 0 Å². The second-order valence-electron chi connectivity index (χ2n) is 5.39. The lowest BCUT2D eigenvalue weighted by atomic mass is 10.2. The standard InChI is InChI=1S/C16H18BrN3O/c1-20(10-11-4-3-5-13(8-11)21-2)15-9-14(17)18-16(19-15)12-6-7-12/h3-5,8-9,12H,6-7,10H2,1-2H3. The molecule has 0 amide bonds. The van der Waals surface area contributed by atoms with Crippen molar-refractivity contribution in [1.82, 2.24) is 9.97 Å². The van der Waals surface area contributed by atoms with E-state index in [1.165, 1.54) is 18.4 Å². The van der Waals surface area contributed by atoms with Crippen molar-refractivity contribution < 1.29 is 4.74 Å². The third kappa shape index (κ3) is 3.53. The summed E-state index contributed by atoms with van der Waals surface area (Å²) in [6.45, 7) is 0.782. The maximum Gasteiger partial charge on any atom is 0.135 e. The van der Waals surface area contributed by atoms with Gasteiger partial charge in [-0.15, -0.1) is 0 Å². The zero-order valence-corrected chi connectivity index (χ0v) is 13.8. The molecule has 0 spiro atoms. The third-order valence-corrected chi connectivity index (χ3v) is 3.99. The molecule has 3 rings (SSSR count). The Kier molecular flexibility index (Phi) is 4.10. The molecule has 0 N–H and O–H groups in total. The van der Waals surface area contributed by atoms with E-state index in [-0.39, 0.29) is 0 Å². The molecule has 5 heteroatoms. The number of halogens is 1. The molecule has 0 unspecified atom stereocenters. The Morgan fingerprint density at radius 1 is 1.29 bits per heavy atom. The highest BCUT2D eigenvalue weighted by molar-refractivity contribution is 9.10. The summed E-state index contributed by atoms with van der Waals surface area (Å²) in [5.74, 6) is 3.33. The average molecular weight is 348 g/mol. The van der Waals surface area contributed by atoms with E-state index < -0.39 is 0 Å². The molecule has 1 aliphatic rings. The van der Waals surface area contributed by atoms with Gasteiger partial charge in [0, 0.05) is 25.6 Å². The van der Waals surface area contributed by atoms with Crippen molar-refractivity contribution in [3.05, 3.63) is 46.3 Å². The van der Waals surface area contributed by atoms with Crippen LogP contribution in [0.1, 0.15) is 30.1 Å². The van der Waals surface area contributed by atoms with Gasteiger partial charge >= 0.3 is 0 Å². The Bertz CT molecular complexity index is 643. The summed E-state index contributed by atoms with van der Waals surface area (Å²) in [5.41, 5.74) is 1.19. The van der Waals surface area contributed by atoms with Crippen LogP contribution in [0.25, 0.3) is 0 Å². The van der Waals surface area contributed by atoms with Crippen LogP contribution in [0, 0.1) is 0 Å². The Balaban J connectivity index is 1.79. The lowest BCUT2D eigenvalue weighted by Gasteiger charge is -2.19. The number of nitrogens with zero attached hydrogens (tertiary/aromatic N) is 3. The number of methoxy groups -OCH3 is 1. The fraction of sp³-hybridized carbons (Fsp3) is 0.375. The SMILES string of the molecule is COc1cccc(CN(C)c2cc(Br)nc(C3CC3)n2)c1. The van der Waals surface area contributed by atoms with Crippen LogP contribution < -0.4 is 9.64 Å². The van der Waals surface area contributed by atoms with Crippen LogP contribution in [-0.2, 0) is 6.54 Å². The first-order valence-corrected chi connectivity index (χ1v) is 7.83. The third-order valence-electron chi connectivity index (χ3n) is 3.59. The molecule has 0 aliphatic heterocycles. The van der Waals surface area contributed by atoms with E-state index in [4.69, 9.17) is 4.74 Å². The number of hydrogen-bond acceptors (Lipinski definition) is 4. The van der Waals surface area contributed by atoms with Crippen LogP contribution in [0.2, 0.25) is 0 Å². The Labute approximate surface area is 133 Å².